The minimum Gasteiger partial charge on any atom is -0.366 e. The van der Waals surface area contributed by atoms with Gasteiger partial charge >= 0.3 is 0 Å². The Morgan fingerprint density at radius 3 is 2.93 bits per heavy atom. The van der Waals surface area contributed by atoms with Gasteiger partial charge in [0, 0.05) is 24.3 Å². The number of hydrogen-bond donors (Lipinski definition) is 0. The lowest BCUT2D eigenvalue weighted by Gasteiger charge is -2.35. The summed E-state index contributed by atoms with van der Waals surface area (Å²) < 4.78 is 16.4. The third-order valence-electron chi connectivity index (χ3n) is 6.12. The van der Waals surface area contributed by atoms with Crippen LogP contribution in [0.3, 0.4) is 0 Å². The summed E-state index contributed by atoms with van der Waals surface area (Å²) >= 11 is 9.97. The fourth-order valence-corrected chi connectivity index (χ4v) is 4.94. The molecule has 0 saturated carbocycles. The Labute approximate surface area is 187 Å². The normalized spacial score (nSPS) is 23.2. The van der Waals surface area contributed by atoms with Gasteiger partial charge in [-0.25, -0.2) is 19.5 Å². The maximum Gasteiger partial charge on any atom is 0.165 e. The van der Waals surface area contributed by atoms with Gasteiger partial charge in [0.15, 0.2) is 16.8 Å². The van der Waals surface area contributed by atoms with Crippen LogP contribution in [0.15, 0.2) is 29.0 Å². The average Bonchev–Trinajstić information content (AvgIpc) is 3.38. The molecule has 3 aromatic rings. The Morgan fingerprint density at radius 1 is 1.33 bits per heavy atom. The molecule has 4 heterocycles. The number of hydrogen-bond acceptors (Lipinski definition) is 6. The van der Waals surface area contributed by atoms with E-state index in [0.717, 1.165) is 40.1 Å². The van der Waals surface area contributed by atoms with Crippen LogP contribution >= 0.6 is 27.5 Å². The predicted molar refractivity (Wildman–Crippen MR) is 115 cm³/mol. The van der Waals surface area contributed by atoms with Gasteiger partial charge in [-0.2, -0.15) is 5.10 Å². The number of ether oxygens (including phenoxy) is 2. The van der Waals surface area contributed by atoms with E-state index in [2.05, 4.69) is 38.8 Å². The van der Waals surface area contributed by atoms with E-state index < -0.39 is 5.72 Å². The summed E-state index contributed by atoms with van der Waals surface area (Å²) in [4.78, 5) is 11.4. The largest absolute Gasteiger partial charge is 0.366 e. The molecule has 2 atom stereocenters. The standard InChI is InChI=1S/C20H22BrClN6O2/c1-20(30-3)7-6-17(29-2)27(20)10-16-24-19-13-8-12(21)4-5-14(13)26-11-23-18(22)15(26)9-28(19)25-16/h4-5,8,11,17H,6-7,9-10H2,1-3H3/t17-,20-/m0/s1. The Morgan fingerprint density at radius 2 is 2.17 bits per heavy atom. The van der Waals surface area contributed by atoms with Gasteiger partial charge in [0.05, 0.1) is 24.5 Å². The summed E-state index contributed by atoms with van der Waals surface area (Å²) in [6, 6.07) is 6.09. The molecule has 0 unspecified atom stereocenters. The van der Waals surface area contributed by atoms with Crippen molar-refractivity contribution in [2.24, 2.45) is 0 Å². The van der Waals surface area contributed by atoms with Gasteiger partial charge in [0.1, 0.15) is 18.3 Å². The highest BCUT2D eigenvalue weighted by molar-refractivity contribution is 9.10. The lowest BCUT2D eigenvalue weighted by molar-refractivity contribution is -0.156. The smallest absolute Gasteiger partial charge is 0.165 e. The predicted octanol–water partition coefficient (Wildman–Crippen LogP) is 3.84. The highest BCUT2D eigenvalue weighted by atomic mass is 79.9. The van der Waals surface area contributed by atoms with E-state index in [1.807, 2.05) is 21.4 Å². The third kappa shape index (κ3) is 3.11. The molecule has 158 valence electrons. The number of imidazole rings is 1. The second kappa shape index (κ2) is 7.42. The number of aromatic nitrogens is 5. The van der Waals surface area contributed by atoms with Gasteiger partial charge in [0.2, 0.25) is 0 Å². The van der Waals surface area contributed by atoms with E-state index in [9.17, 15) is 0 Å². The fourth-order valence-electron chi connectivity index (χ4n) is 4.39. The van der Waals surface area contributed by atoms with E-state index in [1.54, 1.807) is 20.5 Å². The molecular weight excluding hydrogens is 472 g/mol. The SMILES string of the molecule is CO[C@H]1CC[C@](C)(OC)N1Cc1nc2n(n1)Cc1c(Cl)ncn1-c1ccc(Br)cc1-2. The first kappa shape index (κ1) is 20.1. The number of methoxy groups -OCH3 is 2. The number of fused-ring (bicyclic) bond motifs is 5. The monoisotopic (exact) mass is 492 g/mol. The lowest BCUT2D eigenvalue weighted by Crippen LogP contribution is -2.46. The van der Waals surface area contributed by atoms with Crippen molar-refractivity contribution in [2.75, 3.05) is 14.2 Å². The van der Waals surface area contributed by atoms with Crippen LogP contribution < -0.4 is 0 Å². The number of nitrogens with zero attached hydrogens (tertiary/aromatic N) is 6. The van der Waals surface area contributed by atoms with Crippen molar-refractivity contribution >= 4 is 27.5 Å². The molecule has 2 aliphatic rings. The first-order valence-electron chi connectivity index (χ1n) is 9.74. The fraction of sp³-hybridized carbons (Fsp3) is 0.450. The highest BCUT2D eigenvalue weighted by Gasteiger charge is 2.44. The van der Waals surface area contributed by atoms with Crippen LogP contribution in [0.4, 0.5) is 0 Å². The van der Waals surface area contributed by atoms with Crippen molar-refractivity contribution < 1.29 is 9.47 Å². The first-order valence-corrected chi connectivity index (χ1v) is 10.9. The van der Waals surface area contributed by atoms with Gasteiger partial charge < -0.3 is 9.47 Å². The minimum atomic E-state index is -0.410. The third-order valence-corrected chi connectivity index (χ3v) is 6.93. The van der Waals surface area contributed by atoms with Crippen molar-refractivity contribution in [3.63, 3.8) is 0 Å². The molecule has 1 aromatic carbocycles. The summed E-state index contributed by atoms with van der Waals surface area (Å²) in [5, 5.41) is 5.30. The molecule has 10 heteroatoms. The first-order chi connectivity index (χ1) is 14.4. The zero-order valence-corrected chi connectivity index (χ0v) is 19.3. The molecule has 1 saturated heterocycles. The molecule has 2 aromatic heterocycles. The van der Waals surface area contributed by atoms with Crippen molar-refractivity contribution in [3.8, 4) is 17.1 Å². The van der Waals surface area contributed by atoms with E-state index >= 15 is 0 Å². The Hall–Kier alpha value is -1.78. The van der Waals surface area contributed by atoms with E-state index in [-0.39, 0.29) is 6.23 Å². The zero-order chi connectivity index (χ0) is 21.0. The Kier molecular flexibility index (Phi) is 4.98. The maximum absolute atomic E-state index is 6.39. The van der Waals surface area contributed by atoms with Crippen molar-refractivity contribution in [1.29, 1.82) is 0 Å². The zero-order valence-electron chi connectivity index (χ0n) is 17.0. The van der Waals surface area contributed by atoms with Crippen LogP contribution in [0.25, 0.3) is 17.1 Å². The molecule has 30 heavy (non-hydrogen) atoms. The van der Waals surface area contributed by atoms with Crippen molar-refractivity contribution in [1.82, 2.24) is 29.2 Å². The summed E-state index contributed by atoms with van der Waals surface area (Å²) in [6.45, 7) is 3.10. The quantitative estimate of drug-likeness (QED) is 0.430. The highest BCUT2D eigenvalue weighted by Crippen LogP contribution is 2.37. The van der Waals surface area contributed by atoms with Crippen LogP contribution in [0.1, 0.15) is 31.3 Å². The number of benzene rings is 1. The van der Waals surface area contributed by atoms with Crippen LogP contribution in [0.2, 0.25) is 5.15 Å². The van der Waals surface area contributed by atoms with E-state index in [4.69, 9.17) is 31.2 Å². The van der Waals surface area contributed by atoms with Gasteiger partial charge in [-0.05, 0) is 38.0 Å². The molecular formula is C20H22BrClN6O2. The Balaban J connectivity index is 1.59. The number of halogens is 2. The van der Waals surface area contributed by atoms with Crippen molar-refractivity contribution in [2.45, 2.75) is 44.8 Å². The molecule has 1 fully saturated rings. The summed E-state index contributed by atoms with van der Waals surface area (Å²) in [6.07, 6.45) is 3.50. The molecule has 0 spiro atoms. The Bertz CT molecular complexity index is 1110. The minimum absolute atomic E-state index is 0.0319. The molecule has 0 radical (unpaired) electrons. The summed E-state index contributed by atoms with van der Waals surface area (Å²) in [5.41, 5.74) is 2.41. The maximum atomic E-state index is 6.39. The number of likely N-dealkylation sites (tertiary alicyclic amines) is 1. The second-order valence-corrected chi connectivity index (χ2v) is 9.03. The molecule has 8 nitrogen and oxygen atoms in total. The van der Waals surface area contributed by atoms with Gasteiger partial charge in [0.25, 0.3) is 0 Å². The molecule has 2 aliphatic heterocycles. The van der Waals surface area contributed by atoms with Crippen LogP contribution in [-0.2, 0) is 22.6 Å². The van der Waals surface area contributed by atoms with Gasteiger partial charge in [-0.15, -0.1) is 0 Å². The van der Waals surface area contributed by atoms with Crippen LogP contribution in [0.5, 0.6) is 0 Å². The van der Waals surface area contributed by atoms with E-state index in [1.165, 1.54) is 0 Å². The molecule has 0 amide bonds. The molecule has 0 bridgehead atoms. The van der Waals surface area contributed by atoms with E-state index in [0.29, 0.717) is 24.1 Å². The number of rotatable bonds is 4. The lowest BCUT2D eigenvalue weighted by atomic mass is 10.1. The summed E-state index contributed by atoms with van der Waals surface area (Å²) in [5.74, 6) is 1.51. The molecule has 0 aliphatic carbocycles. The summed E-state index contributed by atoms with van der Waals surface area (Å²) in [7, 11) is 3.46. The van der Waals surface area contributed by atoms with Gasteiger partial charge in [-0.1, -0.05) is 27.5 Å². The molecule has 5 rings (SSSR count). The topological polar surface area (TPSA) is 70.2 Å². The van der Waals surface area contributed by atoms with Crippen molar-refractivity contribution in [3.05, 3.63) is 45.7 Å². The average molecular weight is 494 g/mol. The van der Waals surface area contributed by atoms with Gasteiger partial charge in [-0.3, -0.25) is 4.57 Å². The van der Waals surface area contributed by atoms with Crippen LogP contribution in [0, 0.1) is 0 Å². The second-order valence-electron chi connectivity index (χ2n) is 7.76. The van der Waals surface area contributed by atoms with Crippen LogP contribution in [-0.4, -0.2) is 55.4 Å². The molecule has 0 N–H and O–H groups in total.